The summed E-state index contributed by atoms with van der Waals surface area (Å²) in [6, 6.07) is 8.98. The second-order valence-electron chi connectivity index (χ2n) is 4.49. The third kappa shape index (κ3) is 2.61. The third-order valence-electron chi connectivity index (χ3n) is 3.06. The second-order valence-corrected chi connectivity index (χ2v) is 4.93. The molecule has 0 saturated heterocycles. The molecule has 22 heavy (non-hydrogen) atoms. The van der Waals surface area contributed by atoms with Gasteiger partial charge in [0.2, 0.25) is 0 Å². The molecule has 0 saturated carbocycles. The van der Waals surface area contributed by atoms with Gasteiger partial charge in [0.1, 0.15) is 5.56 Å². The molecule has 0 spiro atoms. The number of nitrogens with one attached hydrogen (secondary N) is 1. The van der Waals surface area contributed by atoms with Gasteiger partial charge in [0.05, 0.1) is 10.4 Å². The van der Waals surface area contributed by atoms with Gasteiger partial charge in [-0.25, -0.2) is 4.52 Å². The van der Waals surface area contributed by atoms with Crippen molar-refractivity contribution in [3.63, 3.8) is 0 Å². The molecule has 0 unspecified atom stereocenters. The number of halogens is 1. The summed E-state index contributed by atoms with van der Waals surface area (Å²) in [6.45, 7) is 0. The van der Waals surface area contributed by atoms with Crippen molar-refractivity contribution < 1.29 is 9.72 Å². The number of fused-ring (bicyclic) bond motifs is 1. The predicted octanol–water partition coefficient (Wildman–Crippen LogP) is 3.15. The maximum Gasteiger partial charge on any atom is 0.282 e. The molecule has 7 nitrogen and oxygen atoms in total. The number of nitrogens with zero attached hydrogens (tertiary/aromatic N) is 3. The number of aromatic nitrogens is 2. The topological polar surface area (TPSA) is 89.5 Å². The Kier molecular flexibility index (Phi) is 3.48. The maximum absolute atomic E-state index is 12.3. The lowest BCUT2D eigenvalue weighted by Crippen LogP contribution is -2.14. The molecular weight excluding hydrogens is 308 g/mol. The van der Waals surface area contributed by atoms with Crippen LogP contribution in [0.25, 0.3) is 5.52 Å². The highest BCUT2D eigenvalue weighted by Crippen LogP contribution is 2.24. The summed E-state index contributed by atoms with van der Waals surface area (Å²) in [5.41, 5.74) is 0.906. The number of pyridine rings is 1. The molecule has 0 radical (unpaired) electrons. The summed E-state index contributed by atoms with van der Waals surface area (Å²) < 4.78 is 1.64. The van der Waals surface area contributed by atoms with Crippen LogP contribution in [0.4, 0.5) is 11.4 Å². The van der Waals surface area contributed by atoms with E-state index in [4.69, 9.17) is 11.6 Å². The van der Waals surface area contributed by atoms with Crippen molar-refractivity contribution >= 4 is 34.4 Å². The van der Waals surface area contributed by atoms with Crippen LogP contribution in [0.5, 0.6) is 0 Å². The van der Waals surface area contributed by atoms with E-state index in [0.717, 1.165) is 5.52 Å². The van der Waals surface area contributed by atoms with E-state index >= 15 is 0 Å². The summed E-state index contributed by atoms with van der Waals surface area (Å²) in [4.78, 5) is 22.7. The van der Waals surface area contributed by atoms with Crippen LogP contribution in [-0.4, -0.2) is 20.4 Å². The van der Waals surface area contributed by atoms with E-state index < -0.39 is 10.8 Å². The van der Waals surface area contributed by atoms with Crippen LogP contribution >= 0.6 is 11.6 Å². The van der Waals surface area contributed by atoms with Gasteiger partial charge in [0, 0.05) is 29.2 Å². The number of anilines is 1. The Hall–Kier alpha value is -2.93. The van der Waals surface area contributed by atoms with Crippen LogP contribution < -0.4 is 5.32 Å². The molecular formula is C14H9ClN4O3. The largest absolute Gasteiger partial charge is 0.322 e. The van der Waals surface area contributed by atoms with E-state index in [-0.39, 0.29) is 16.3 Å². The van der Waals surface area contributed by atoms with Crippen LogP contribution in [0, 0.1) is 10.1 Å². The lowest BCUT2D eigenvalue weighted by molar-refractivity contribution is -0.385. The molecule has 2 heterocycles. The molecule has 0 bridgehead atoms. The van der Waals surface area contributed by atoms with E-state index in [1.807, 2.05) is 0 Å². The quantitative estimate of drug-likeness (QED) is 0.593. The number of carbonyl (C=O) groups is 1. The highest BCUT2D eigenvalue weighted by molar-refractivity contribution is 6.31. The fourth-order valence-electron chi connectivity index (χ4n) is 2.05. The standard InChI is InChI=1S/C14H9ClN4O3/c15-9-1-2-13(19(21)22)12(7-9)14(20)17-10-4-6-18-11(8-10)3-5-16-18/h1-8H,(H,17,20). The normalized spacial score (nSPS) is 10.6. The fraction of sp³-hybridized carbons (Fsp3) is 0. The fourth-order valence-corrected chi connectivity index (χ4v) is 2.22. The minimum absolute atomic E-state index is 0.0918. The first-order valence-electron chi connectivity index (χ1n) is 6.23. The molecule has 0 atom stereocenters. The zero-order valence-electron chi connectivity index (χ0n) is 11.1. The Labute approximate surface area is 129 Å². The van der Waals surface area contributed by atoms with E-state index in [2.05, 4.69) is 10.4 Å². The molecule has 1 amide bonds. The zero-order valence-corrected chi connectivity index (χ0v) is 11.8. The summed E-state index contributed by atoms with van der Waals surface area (Å²) in [7, 11) is 0. The van der Waals surface area contributed by atoms with Crippen LogP contribution in [0.15, 0.2) is 48.8 Å². The Balaban J connectivity index is 1.94. The van der Waals surface area contributed by atoms with Crippen LogP contribution in [0.1, 0.15) is 10.4 Å². The SMILES string of the molecule is O=C(Nc1ccn2nccc2c1)c1cc(Cl)ccc1[N+](=O)[O-]. The summed E-state index contributed by atoms with van der Waals surface area (Å²) in [5, 5.41) is 17.9. The first-order valence-corrected chi connectivity index (χ1v) is 6.61. The van der Waals surface area contributed by atoms with Gasteiger partial charge in [-0.1, -0.05) is 11.6 Å². The van der Waals surface area contributed by atoms with Crippen LogP contribution in [-0.2, 0) is 0 Å². The number of nitro benzene ring substituents is 1. The molecule has 3 aromatic rings. The molecule has 0 aliphatic carbocycles. The monoisotopic (exact) mass is 316 g/mol. The van der Waals surface area contributed by atoms with Gasteiger partial charge in [-0.2, -0.15) is 5.10 Å². The molecule has 0 aliphatic heterocycles. The van der Waals surface area contributed by atoms with Gasteiger partial charge in [0.25, 0.3) is 11.6 Å². The molecule has 1 aromatic carbocycles. The summed E-state index contributed by atoms with van der Waals surface area (Å²) in [6.07, 6.45) is 3.31. The molecule has 110 valence electrons. The minimum Gasteiger partial charge on any atom is -0.322 e. The van der Waals surface area contributed by atoms with Gasteiger partial charge in [-0.15, -0.1) is 0 Å². The lowest BCUT2D eigenvalue weighted by Gasteiger charge is -2.06. The number of hydrogen-bond acceptors (Lipinski definition) is 4. The molecule has 1 N–H and O–H groups in total. The molecule has 2 aromatic heterocycles. The van der Waals surface area contributed by atoms with Gasteiger partial charge in [0.15, 0.2) is 0 Å². The Bertz CT molecular complexity index is 891. The number of benzene rings is 1. The van der Waals surface area contributed by atoms with E-state index in [1.54, 1.807) is 35.1 Å². The average molecular weight is 317 g/mol. The third-order valence-corrected chi connectivity index (χ3v) is 3.29. The van der Waals surface area contributed by atoms with Crippen molar-refractivity contribution in [2.45, 2.75) is 0 Å². The maximum atomic E-state index is 12.3. The average Bonchev–Trinajstić information content (AvgIpc) is 2.94. The van der Waals surface area contributed by atoms with Gasteiger partial charge >= 0.3 is 0 Å². The van der Waals surface area contributed by atoms with E-state index in [1.165, 1.54) is 18.2 Å². The smallest absolute Gasteiger partial charge is 0.282 e. The number of nitro groups is 1. The van der Waals surface area contributed by atoms with Gasteiger partial charge in [-0.3, -0.25) is 14.9 Å². The van der Waals surface area contributed by atoms with Crippen LogP contribution in [0.2, 0.25) is 5.02 Å². The number of rotatable bonds is 3. The highest BCUT2D eigenvalue weighted by atomic mass is 35.5. The predicted molar refractivity (Wildman–Crippen MR) is 81.3 cm³/mol. The molecule has 0 fully saturated rings. The first kappa shape index (κ1) is 14.0. The van der Waals surface area contributed by atoms with Crippen LogP contribution in [0.3, 0.4) is 0 Å². The van der Waals surface area contributed by atoms with Crippen molar-refractivity contribution in [3.8, 4) is 0 Å². The van der Waals surface area contributed by atoms with E-state index in [0.29, 0.717) is 5.69 Å². The first-order chi connectivity index (χ1) is 10.5. The summed E-state index contributed by atoms with van der Waals surface area (Å²) >= 11 is 5.82. The van der Waals surface area contributed by atoms with Gasteiger partial charge < -0.3 is 5.32 Å². The number of hydrogen-bond donors (Lipinski definition) is 1. The van der Waals surface area contributed by atoms with Crippen molar-refractivity contribution in [3.05, 3.63) is 69.5 Å². The Morgan fingerprint density at radius 3 is 2.86 bits per heavy atom. The minimum atomic E-state index is -0.620. The van der Waals surface area contributed by atoms with Crippen molar-refractivity contribution in [2.24, 2.45) is 0 Å². The second kappa shape index (κ2) is 5.45. The lowest BCUT2D eigenvalue weighted by atomic mass is 10.1. The Morgan fingerprint density at radius 2 is 2.09 bits per heavy atom. The van der Waals surface area contributed by atoms with Crippen molar-refractivity contribution in [1.29, 1.82) is 0 Å². The molecule has 0 aliphatic rings. The van der Waals surface area contributed by atoms with Crippen molar-refractivity contribution in [2.75, 3.05) is 5.32 Å². The number of amides is 1. The summed E-state index contributed by atoms with van der Waals surface area (Å²) in [5.74, 6) is -0.599. The molecule has 8 heteroatoms. The number of carbonyl (C=O) groups excluding carboxylic acids is 1. The highest BCUT2D eigenvalue weighted by Gasteiger charge is 2.20. The van der Waals surface area contributed by atoms with Gasteiger partial charge in [-0.05, 0) is 30.3 Å². The molecule has 3 rings (SSSR count). The zero-order chi connectivity index (χ0) is 15.7. The van der Waals surface area contributed by atoms with E-state index in [9.17, 15) is 14.9 Å². The van der Waals surface area contributed by atoms with Crippen molar-refractivity contribution in [1.82, 2.24) is 9.61 Å². The Morgan fingerprint density at radius 1 is 1.27 bits per heavy atom.